The normalized spacial score (nSPS) is 28.8. The highest BCUT2D eigenvalue weighted by atomic mass is 32.2. The Bertz CT molecular complexity index is 489. The fourth-order valence-corrected chi connectivity index (χ4v) is 4.39. The Balaban J connectivity index is 1.88. The molecule has 2 rings (SSSR count). The van der Waals surface area contributed by atoms with Crippen LogP contribution in [0.25, 0.3) is 0 Å². The minimum Gasteiger partial charge on any atom is -0.340 e. The van der Waals surface area contributed by atoms with Gasteiger partial charge in [-0.3, -0.25) is 9.69 Å². The van der Waals surface area contributed by atoms with Crippen molar-refractivity contribution >= 4 is 15.7 Å². The van der Waals surface area contributed by atoms with Crippen molar-refractivity contribution in [2.45, 2.75) is 19.4 Å². The summed E-state index contributed by atoms with van der Waals surface area (Å²) in [6.07, 6.45) is 0.454. The number of carbonyl (C=O) groups excluding carboxylic acids is 1. The summed E-state index contributed by atoms with van der Waals surface area (Å²) >= 11 is 0. The van der Waals surface area contributed by atoms with Gasteiger partial charge in [-0.2, -0.15) is 5.26 Å². The van der Waals surface area contributed by atoms with E-state index in [9.17, 15) is 13.2 Å². The van der Waals surface area contributed by atoms with Crippen molar-refractivity contribution in [2.75, 3.05) is 37.7 Å². The van der Waals surface area contributed by atoms with Crippen LogP contribution in [-0.4, -0.2) is 67.9 Å². The molecule has 0 radical (unpaired) electrons. The molecule has 2 unspecified atom stereocenters. The molecule has 2 fully saturated rings. The summed E-state index contributed by atoms with van der Waals surface area (Å²) in [7, 11) is -3.01. The van der Waals surface area contributed by atoms with Crippen molar-refractivity contribution in [3.05, 3.63) is 0 Å². The number of sulfone groups is 1. The lowest BCUT2D eigenvalue weighted by atomic mass is 10.1. The molecule has 6 nitrogen and oxygen atoms in total. The Morgan fingerprint density at radius 3 is 2.42 bits per heavy atom. The van der Waals surface area contributed by atoms with Gasteiger partial charge in [0.25, 0.3) is 0 Å². The van der Waals surface area contributed by atoms with E-state index in [0.29, 0.717) is 32.6 Å². The maximum atomic E-state index is 12.2. The third-order valence-electron chi connectivity index (χ3n) is 3.94. The molecular formula is C12H19N3O3S. The lowest BCUT2D eigenvalue weighted by Crippen LogP contribution is -2.52. The first-order chi connectivity index (χ1) is 8.93. The molecule has 2 atom stereocenters. The van der Waals surface area contributed by atoms with E-state index in [1.165, 1.54) is 0 Å². The Hall–Kier alpha value is -1.13. The summed E-state index contributed by atoms with van der Waals surface area (Å²) < 4.78 is 22.8. The number of piperazine rings is 1. The summed E-state index contributed by atoms with van der Waals surface area (Å²) in [6.45, 7) is 4.38. The molecule has 2 heterocycles. The van der Waals surface area contributed by atoms with Gasteiger partial charge >= 0.3 is 0 Å². The molecule has 1 amide bonds. The van der Waals surface area contributed by atoms with E-state index in [4.69, 9.17) is 5.26 Å². The van der Waals surface area contributed by atoms with Crippen LogP contribution >= 0.6 is 0 Å². The van der Waals surface area contributed by atoms with Crippen molar-refractivity contribution in [3.8, 4) is 6.07 Å². The van der Waals surface area contributed by atoms with Gasteiger partial charge in [0.1, 0.15) is 0 Å². The van der Waals surface area contributed by atoms with E-state index in [-0.39, 0.29) is 29.4 Å². The van der Waals surface area contributed by atoms with Crippen molar-refractivity contribution in [1.82, 2.24) is 9.80 Å². The largest absolute Gasteiger partial charge is 0.340 e. The van der Waals surface area contributed by atoms with E-state index in [2.05, 4.69) is 6.07 Å². The van der Waals surface area contributed by atoms with Crippen LogP contribution in [0.5, 0.6) is 0 Å². The molecule has 0 aliphatic carbocycles. The smallest absolute Gasteiger partial charge is 0.226 e. The molecule has 106 valence electrons. The summed E-state index contributed by atoms with van der Waals surface area (Å²) in [5, 5.41) is 8.85. The topological polar surface area (TPSA) is 81.5 Å². The molecule has 7 heteroatoms. The Labute approximate surface area is 113 Å². The van der Waals surface area contributed by atoms with Crippen molar-refractivity contribution in [3.63, 3.8) is 0 Å². The van der Waals surface area contributed by atoms with Gasteiger partial charge in [0.05, 0.1) is 29.5 Å². The summed E-state index contributed by atoms with van der Waals surface area (Å²) in [6, 6.07) is 2.05. The fraction of sp³-hybridized carbons (Fsp3) is 0.833. The minimum absolute atomic E-state index is 0.000641. The van der Waals surface area contributed by atoms with E-state index in [1.54, 1.807) is 4.90 Å². The van der Waals surface area contributed by atoms with Crippen LogP contribution in [0, 0.1) is 17.2 Å². The molecule has 2 aliphatic rings. The van der Waals surface area contributed by atoms with Crippen LogP contribution in [0.3, 0.4) is 0 Å². The van der Waals surface area contributed by atoms with Gasteiger partial charge in [0, 0.05) is 26.2 Å². The summed E-state index contributed by atoms with van der Waals surface area (Å²) in [4.78, 5) is 16.0. The van der Waals surface area contributed by atoms with Crippen molar-refractivity contribution < 1.29 is 13.2 Å². The Morgan fingerprint density at radius 2 is 1.95 bits per heavy atom. The first-order valence-corrected chi connectivity index (χ1v) is 8.38. The number of nitriles is 1. The van der Waals surface area contributed by atoms with Crippen molar-refractivity contribution in [1.29, 1.82) is 5.26 Å². The highest BCUT2D eigenvalue weighted by Crippen LogP contribution is 2.21. The molecule has 0 aromatic rings. The first kappa shape index (κ1) is 14.3. The maximum absolute atomic E-state index is 12.2. The molecule has 0 aromatic carbocycles. The fourth-order valence-electron chi connectivity index (χ4n) is 2.66. The third-order valence-corrected chi connectivity index (χ3v) is 5.71. The standard InChI is InChI=1S/C12H19N3O3S/c1-10(8-13)14-3-5-15(6-4-14)12(16)11-2-7-19(17,18)9-11/h10-11H,2-7,9H2,1H3. The van der Waals surface area contributed by atoms with Crippen LogP contribution < -0.4 is 0 Å². The van der Waals surface area contributed by atoms with Crippen molar-refractivity contribution in [2.24, 2.45) is 5.92 Å². The first-order valence-electron chi connectivity index (χ1n) is 6.56. The summed E-state index contributed by atoms with van der Waals surface area (Å²) in [5.41, 5.74) is 0. The number of amides is 1. The van der Waals surface area contributed by atoms with Gasteiger partial charge in [-0.15, -0.1) is 0 Å². The molecule has 2 aliphatic heterocycles. The average Bonchev–Trinajstić information content (AvgIpc) is 2.77. The second-order valence-corrected chi connectivity index (χ2v) is 7.50. The predicted octanol–water partition coefficient (Wildman–Crippen LogP) is -0.523. The molecule has 19 heavy (non-hydrogen) atoms. The van der Waals surface area contributed by atoms with Crippen LogP contribution in [0.2, 0.25) is 0 Å². The van der Waals surface area contributed by atoms with E-state index < -0.39 is 9.84 Å². The molecule has 0 spiro atoms. The van der Waals surface area contributed by atoms with Gasteiger partial charge in [0.15, 0.2) is 9.84 Å². The minimum atomic E-state index is -3.01. The average molecular weight is 285 g/mol. The molecular weight excluding hydrogens is 266 g/mol. The molecule has 2 saturated heterocycles. The molecule has 0 aromatic heterocycles. The van der Waals surface area contributed by atoms with E-state index >= 15 is 0 Å². The monoisotopic (exact) mass is 285 g/mol. The van der Waals surface area contributed by atoms with E-state index in [1.807, 2.05) is 11.8 Å². The number of nitrogens with zero attached hydrogens (tertiary/aromatic N) is 3. The van der Waals surface area contributed by atoms with Gasteiger partial charge in [-0.1, -0.05) is 0 Å². The SMILES string of the molecule is CC(C#N)N1CCN(C(=O)C2CCS(=O)(=O)C2)CC1. The summed E-state index contributed by atoms with van der Waals surface area (Å²) in [5.74, 6) is -0.259. The maximum Gasteiger partial charge on any atom is 0.226 e. The van der Waals surface area contributed by atoms with Crippen LogP contribution in [0.1, 0.15) is 13.3 Å². The number of rotatable bonds is 2. The number of carbonyl (C=O) groups is 1. The zero-order valence-corrected chi connectivity index (χ0v) is 11.9. The third kappa shape index (κ3) is 3.25. The highest BCUT2D eigenvalue weighted by molar-refractivity contribution is 7.91. The van der Waals surface area contributed by atoms with Gasteiger partial charge in [-0.05, 0) is 13.3 Å². The zero-order valence-electron chi connectivity index (χ0n) is 11.1. The number of hydrogen-bond acceptors (Lipinski definition) is 5. The molecule has 0 bridgehead atoms. The predicted molar refractivity (Wildman–Crippen MR) is 70.0 cm³/mol. The Kier molecular flexibility index (Phi) is 4.11. The van der Waals surface area contributed by atoms with Gasteiger partial charge in [-0.25, -0.2) is 8.42 Å². The van der Waals surface area contributed by atoms with E-state index in [0.717, 1.165) is 0 Å². The van der Waals surface area contributed by atoms with Crippen LogP contribution in [0.4, 0.5) is 0 Å². The van der Waals surface area contributed by atoms with Gasteiger partial charge in [0.2, 0.25) is 5.91 Å². The van der Waals surface area contributed by atoms with Crippen LogP contribution in [0.15, 0.2) is 0 Å². The quantitative estimate of drug-likeness (QED) is 0.682. The second kappa shape index (κ2) is 5.47. The lowest BCUT2D eigenvalue weighted by molar-refractivity contribution is -0.136. The molecule has 0 N–H and O–H groups in total. The molecule has 0 saturated carbocycles. The van der Waals surface area contributed by atoms with Crippen LogP contribution in [-0.2, 0) is 14.6 Å². The van der Waals surface area contributed by atoms with Gasteiger partial charge < -0.3 is 4.90 Å². The zero-order chi connectivity index (χ0) is 14.0. The number of hydrogen-bond donors (Lipinski definition) is 0. The Morgan fingerprint density at radius 1 is 1.32 bits per heavy atom. The lowest BCUT2D eigenvalue weighted by Gasteiger charge is -2.36. The highest BCUT2D eigenvalue weighted by Gasteiger charge is 2.36. The second-order valence-electron chi connectivity index (χ2n) is 5.27.